The van der Waals surface area contributed by atoms with Crippen LogP contribution >= 0.6 is 0 Å². The number of ether oxygens (including phenoxy) is 2. The molecule has 0 aliphatic heterocycles. The smallest absolute Gasteiger partial charge is 0.307 e. The van der Waals surface area contributed by atoms with Gasteiger partial charge < -0.3 is 19.9 Å². The van der Waals surface area contributed by atoms with Crippen molar-refractivity contribution in [2.24, 2.45) is 0 Å². The Morgan fingerprint density at radius 3 is 2.33 bits per heavy atom. The summed E-state index contributed by atoms with van der Waals surface area (Å²) in [5.74, 6) is 1.06. The van der Waals surface area contributed by atoms with Crippen molar-refractivity contribution in [1.82, 2.24) is 9.97 Å². The van der Waals surface area contributed by atoms with Gasteiger partial charge in [0.05, 0.1) is 37.5 Å². The first-order valence-corrected chi connectivity index (χ1v) is 11.4. The van der Waals surface area contributed by atoms with Gasteiger partial charge in [-0.05, 0) is 42.3 Å². The molecule has 3 aromatic carbocycles. The number of carboxylic acid groups (broad SMARTS) is 1. The van der Waals surface area contributed by atoms with Crippen LogP contribution < -0.4 is 14.8 Å². The summed E-state index contributed by atoms with van der Waals surface area (Å²) in [4.78, 5) is 32.1. The lowest BCUT2D eigenvalue weighted by Crippen LogP contribution is -2.15. The Balaban J connectivity index is 1.43. The molecule has 4 rings (SSSR count). The first-order valence-electron chi connectivity index (χ1n) is 11.4. The van der Waals surface area contributed by atoms with Crippen LogP contribution in [0.15, 0.2) is 85.2 Å². The van der Waals surface area contributed by atoms with Gasteiger partial charge in [-0.1, -0.05) is 48.5 Å². The van der Waals surface area contributed by atoms with Crippen LogP contribution in [0, 0.1) is 0 Å². The van der Waals surface area contributed by atoms with E-state index in [0.29, 0.717) is 40.9 Å². The van der Waals surface area contributed by atoms with Crippen molar-refractivity contribution >= 4 is 17.7 Å². The maximum Gasteiger partial charge on any atom is 0.307 e. The number of hydrogen-bond acceptors (Lipinski definition) is 6. The van der Waals surface area contributed by atoms with E-state index in [9.17, 15) is 9.59 Å². The van der Waals surface area contributed by atoms with Crippen LogP contribution in [0.1, 0.15) is 18.1 Å². The highest BCUT2D eigenvalue weighted by Crippen LogP contribution is 2.33. The van der Waals surface area contributed by atoms with Crippen molar-refractivity contribution in [1.29, 1.82) is 0 Å². The number of benzene rings is 3. The van der Waals surface area contributed by atoms with Gasteiger partial charge in [0.25, 0.3) is 0 Å². The standard InChI is InChI=1S/C28H25N3O5/c1-2-35-24-8-3-4-9-25(24)36-22-7-5-6-21(16-22)23-17-29-18-26(30-23)31-27(32)14-19-10-12-20(13-11-19)15-28(33)34/h3-13,16-18H,2,14-15H2,1H3,(H,33,34)(H,30,31,32). The van der Waals surface area contributed by atoms with Crippen molar-refractivity contribution in [2.45, 2.75) is 19.8 Å². The molecule has 1 heterocycles. The fourth-order valence-corrected chi connectivity index (χ4v) is 3.54. The van der Waals surface area contributed by atoms with E-state index in [4.69, 9.17) is 14.6 Å². The Bertz CT molecular complexity index is 1360. The molecule has 4 aromatic rings. The Labute approximate surface area is 208 Å². The number of carboxylic acids is 1. The second-order valence-corrected chi connectivity index (χ2v) is 7.91. The summed E-state index contributed by atoms with van der Waals surface area (Å²) in [6, 6.07) is 21.8. The van der Waals surface area contributed by atoms with Crippen LogP contribution in [0.25, 0.3) is 11.3 Å². The molecule has 0 bridgehead atoms. The van der Waals surface area contributed by atoms with E-state index >= 15 is 0 Å². The number of nitrogens with one attached hydrogen (secondary N) is 1. The van der Waals surface area contributed by atoms with Gasteiger partial charge in [-0.25, -0.2) is 4.98 Å². The largest absolute Gasteiger partial charge is 0.490 e. The minimum absolute atomic E-state index is 0.0554. The lowest BCUT2D eigenvalue weighted by molar-refractivity contribution is -0.136. The first kappa shape index (κ1) is 24.4. The molecule has 1 aromatic heterocycles. The molecule has 0 aliphatic carbocycles. The monoisotopic (exact) mass is 483 g/mol. The second-order valence-electron chi connectivity index (χ2n) is 7.91. The average molecular weight is 484 g/mol. The highest BCUT2D eigenvalue weighted by atomic mass is 16.5. The maximum atomic E-state index is 12.5. The minimum atomic E-state index is -0.897. The van der Waals surface area contributed by atoms with Crippen LogP contribution in [-0.4, -0.2) is 33.6 Å². The van der Waals surface area contributed by atoms with Crippen molar-refractivity contribution in [3.63, 3.8) is 0 Å². The first-order chi connectivity index (χ1) is 17.5. The fraction of sp³-hybridized carbons (Fsp3) is 0.143. The third-order valence-electron chi connectivity index (χ3n) is 5.15. The molecule has 8 heteroatoms. The number of rotatable bonds is 10. The van der Waals surface area contributed by atoms with Gasteiger partial charge in [0.1, 0.15) is 5.75 Å². The molecule has 0 unspecified atom stereocenters. The van der Waals surface area contributed by atoms with Gasteiger partial charge in [0.2, 0.25) is 5.91 Å². The summed E-state index contributed by atoms with van der Waals surface area (Å²) in [5.41, 5.74) is 2.80. The highest BCUT2D eigenvalue weighted by molar-refractivity contribution is 5.91. The lowest BCUT2D eigenvalue weighted by atomic mass is 10.1. The predicted molar refractivity (Wildman–Crippen MR) is 135 cm³/mol. The van der Waals surface area contributed by atoms with Crippen LogP contribution in [0.4, 0.5) is 5.82 Å². The van der Waals surface area contributed by atoms with E-state index in [1.54, 1.807) is 30.5 Å². The van der Waals surface area contributed by atoms with E-state index in [1.165, 1.54) is 6.20 Å². The zero-order chi connectivity index (χ0) is 25.3. The summed E-state index contributed by atoms with van der Waals surface area (Å²) in [7, 11) is 0. The molecule has 8 nitrogen and oxygen atoms in total. The molecule has 0 aliphatic rings. The number of para-hydroxylation sites is 2. The number of nitrogens with zero attached hydrogens (tertiary/aromatic N) is 2. The summed E-state index contributed by atoms with van der Waals surface area (Å²) in [6.07, 6.45) is 3.17. The van der Waals surface area contributed by atoms with Gasteiger partial charge in [-0.15, -0.1) is 0 Å². The molecule has 0 atom stereocenters. The van der Waals surface area contributed by atoms with E-state index in [2.05, 4.69) is 15.3 Å². The third-order valence-corrected chi connectivity index (χ3v) is 5.15. The topological polar surface area (TPSA) is 111 Å². The summed E-state index contributed by atoms with van der Waals surface area (Å²) in [6.45, 7) is 2.45. The Morgan fingerprint density at radius 1 is 0.889 bits per heavy atom. The number of aromatic nitrogens is 2. The molecule has 182 valence electrons. The van der Waals surface area contributed by atoms with Crippen LogP contribution in [-0.2, 0) is 22.4 Å². The molecule has 0 saturated carbocycles. The van der Waals surface area contributed by atoms with Gasteiger partial charge in [0, 0.05) is 5.56 Å². The molecule has 0 spiro atoms. The molecule has 0 saturated heterocycles. The fourth-order valence-electron chi connectivity index (χ4n) is 3.54. The van der Waals surface area contributed by atoms with Crippen LogP contribution in [0.5, 0.6) is 17.2 Å². The van der Waals surface area contributed by atoms with Crippen molar-refractivity contribution in [3.05, 3.63) is 96.3 Å². The summed E-state index contributed by atoms with van der Waals surface area (Å²) < 4.78 is 11.7. The molecule has 0 radical (unpaired) electrons. The quantitative estimate of drug-likeness (QED) is 0.321. The predicted octanol–water partition coefficient (Wildman–Crippen LogP) is 5.14. The molecule has 1 amide bonds. The molecule has 36 heavy (non-hydrogen) atoms. The molecule has 0 fully saturated rings. The van der Waals surface area contributed by atoms with Gasteiger partial charge in [-0.3, -0.25) is 14.6 Å². The van der Waals surface area contributed by atoms with Crippen molar-refractivity contribution in [3.8, 4) is 28.5 Å². The van der Waals surface area contributed by atoms with E-state index in [0.717, 1.165) is 11.1 Å². The minimum Gasteiger partial charge on any atom is -0.490 e. The number of aliphatic carboxylic acids is 1. The number of carbonyl (C=O) groups is 2. The van der Waals surface area contributed by atoms with E-state index < -0.39 is 5.97 Å². The maximum absolute atomic E-state index is 12.5. The van der Waals surface area contributed by atoms with E-state index in [-0.39, 0.29) is 18.7 Å². The average Bonchev–Trinajstić information content (AvgIpc) is 2.87. The number of carbonyl (C=O) groups excluding carboxylic acids is 1. The summed E-state index contributed by atoms with van der Waals surface area (Å²) >= 11 is 0. The Morgan fingerprint density at radius 2 is 1.61 bits per heavy atom. The summed E-state index contributed by atoms with van der Waals surface area (Å²) in [5, 5.41) is 11.6. The number of hydrogen-bond donors (Lipinski definition) is 2. The Hall–Kier alpha value is -4.72. The van der Waals surface area contributed by atoms with Crippen LogP contribution in [0.3, 0.4) is 0 Å². The zero-order valence-corrected chi connectivity index (χ0v) is 19.7. The van der Waals surface area contributed by atoms with Gasteiger partial charge in [0.15, 0.2) is 17.3 Å². The van der Waals surface area contributed by atoms with Gasteiger partial charge >= 0.3 is 5.97 Å². The third kappa shape index (κ3) is 6.66. The lowest BCUT2D eigenvalue weighted by Gasteiger charge is -2.12. The van der Waals surface area contributed by atoms with E-state index in [1.807, 2.05) is 55.5 Å². The normalized spacial score (nSPS) is 10.5. The van der Waals surface area contributed by atoms with Crippen LogP contribution in [0.2, 0.25) is 0 Å². The van der Waals surface area contributed by atoms with Crippen molar-refractivity contribution in [2.75, 3.05) is 11.9 Å². The SMILES string of the molecule is CCOc1ccccc1Oc1cccc(-c2cncc(NC(=O)Cc3ccc(CC(=O)O)cc3)n2)c1. The zero-order valence-electron chi connectivity index (χ0n) is 19.7. The molecular weight excluding hydrogens is 458 g/mol. The molecular formula is C28H25N3O5. The highest BCUT2D eigenvalue weighted by Gasteiger charge is 2.10. The molecule has 2 N–H and O–H groups in total. The van der Waals surface area contributed by atoms with Gasteiger partial charge in [-0.2, -0.15) is 0 Å². The Kier molecular flexibility index (Phi) is 7.87. The second kappa shape index (κ2) is 11.6. The van der Waals surface area contributed by atoms with Crippen molar-refractivity contribution < 1.29 is 24.2 Å². The number of amides is 1. The number of anilines is 1.